The molecule has 6 nitrogen and oxygen atoms in total. The Balaban J connectivity index is 1.54. The number of fused-ring (bicyclic) bond motifs is 1. The number of amides is 1. The van der Waals surface area contributed by atoms with Gasteiger partial charge in [-0.05, 0) is 32.4 Å². The van der Waals surface area contributed by atoms with Crippen molar-refractivity contribution in [3.05, 3.63) is 23.9 Å². The summed E-state index contributed by atoms with van der Waals surface area (Å²) in [6.07, 6.45) is 2.30. The summed E-state index contributed by atoms with van der Waals surface area (Å²) in [6.45, 7) is 8.99. The van der Waals surface area contributed by atoms with Crippen LogP contribution in [-0.2, 0) is 14.3 Å². The van der Waals surface area contributed by atoms with Crippen molar-refractivity contribution in [2.75, 3.05) is 31.6 Å². The number of nitrogens with one attached hydrogen (secondary N) is 1. The molecule has 0 radical (unpaired) electrons. The average molecular weight is 319 g/mol. The predicted octanol–water partition coefficient (Wildman–Crippen LogP) is 1.60. The van der Waals surface area contributed by atoms with Crippen molar-refractivity contribution in [1.29, 1.82) is 0 Å². The number of ether oxygens (including phenoxy) is 2. The van der Waals surface area contributed by atoms with Gasteiger partial charge in [0.25, 0.3) is 0 Å². The molecule has 2 aliphatic rings. The number of aromatic nitrogens is 1. The largest absolute Gasteiger partial charge is 0.377 e. The lowest BCUT2D eigenvalue weighted by atomic mass is 10.0. The molecule has 2 saturated heterocycles. The number of morpholine rings is 1. The molecular weight excluding hydrogens is 294 g/mol. The van der Waals surface area contributed by atoms with Gasteiger partial charge in [-0.15, -0.1) is 0 Å². The molecule has 0 bridgehead atoms. The topological polar surface area (TPSA) is 63.7 Å². The van der Waals surface area contributed by atoms with E-state index in [0.717, 1.165) is 12.1 Å². The summed E-state index contributed by atoms with van der Waals surface area (Å²) in [7, 11) is 0. The van der Waals surface area contributed by atoms with Crippen molar-refractivity contribution < 1.29 is 14.3 Å². The summed E-state index contributed by atoms with van der Waals surface area (Å²) in [5.74, 6) is 0.589. The number of rotatable bonds is 4. The number of pyridine rings is 1. The molecule has 6 heteroatoms. The Bertz CT molecular complexity index is 559. The molecule has 1 N–H and O–H groups in total. The maximum atomic E-state index is 12.2. The Kier molecular flexibility index (Phi) is 4.66. The van der Waals surface area contributed by atoms with Crippen LogP contribution in [-0.4, -0.2) is 59.8 Å². The van der Waals surface area contributed by atoms with Gasteiger partial charge in [0.15, 0.2) is 0 Å². The van der Waals surface area contributed by atoms with Gasteiger partial charge in [-0.1, -0.05) is 6.07 Å². The highest BCUT2D eigenvalue weighted by Gasteiger charge is 2.43. The highest BCUT2D eigenvalue weighted by Crippen LogP contribution is 2.29. The van der Waals surface area contributed by atoms with Crippen LogP contribution < -0.4 is 5.32 Å². The Hall–Kier alpha value is -1.50. The van der Waals surface area contributed by atoms with Gasteiger partial charge in [0.1, 0.15) is 5.82 Å². The first kappa shape index (κ1) is 16.4. The van der Waals surface area contributed by atoms with E-state index >= 15 is 0 Å². The maximum Gasteiger partial charge on any atom is 0.226 e. The fraction of sp³-hybridized carbons (Fsp3) is 0.647. The van der Waals surface area contributed by atoms with Crippen LogP contribution in [0.4, 0.5) is 5.82 Å². The van der Waals surface area contributed by atoms with Crippen molar-refractivity contribution in [2.45, 2.75) is 44.9 Å². The smallest absolute Gasteiger partial charge is 0.226 e. The fourth-order valence-electron chi connectivity index (χ4n) is 3.27. The summed E-state index contributed by atoms with van der Waals surface area (Å²) in [5, 5.41) is 2.85. The van der Waals surface area contributed by atoms with E-state index in [4.69, 9.17) is 9.47 Å². The zero-order chi connectivity index (χ0) is 16.4. The molecule has 2 aliphatic heterocycles. The van der Waals surface area contributed by atoms with Gasteiger partial charge in [-0.2, -0.15) is 0 Å². The maximum absolute atomic E-state index is 12.2. The molecule has 2 atom stereocenters. The summed E-state index contributed by atoms with van der Waals surface area (Å²) < 4.78 is 11.6. The van der Waals surface area contributed by atoms with Crippen molar-refractivity contribution in [3.8, 4) is 0 Å². The third kappa shape index (κ3) is 4.07. The minimum Gasteiger partial charge on any atom is -0.377 e. The molecule has 0 saturated carbocycles. The molecule has 0 unspecified atom stereocenters. The second kappa shape index (κ2) is 6.55. The van der Waals surface area contributed by atoms with E-state index in [-0.39, 0.29) is 23.7 Å². The molecule has 3 heterocycles. The van der Waals surface area contributed by atoms with E-state index in [1.54, 1.807) is 6.20 Å². The van der Waals surface area contributed by atoms with Gasteiger partial charge in [-0.3, -0.25) is 9.69 Å². The average Bonchev–Trinajstić information content (AvgIpc) is 2.94. The standard InChI is InChI=1S/C17H25N3O3/c1-12-4-5-15(18-8-12)19-16(21)6-7-20-11-17(2,3)23-14-10-22-9-13(14)20/h4-5,8,13-14H,6-7,9-11H2,1-3H3,(H,18,19,21)/t13-,14-/m1/s1. The number of anilines is 1. The molecule has 126 valence electrons. The molecule has 0 aliphatic carbocycles. The number of carbonyl (C=O) groups excluding carboxylic acids is 1. The molecule has 1 aromatic heterocycles. The van der Waals surface area contributed by atoms with Crippen LogP contribution in [0.1, 0.15) is 25.8 Å². The first-order chi connectivity index (χ1) is 10.9. The van der Waals surface area contributed by atoms with Gasteiger partial charge in [0.05, 0.1) is 31.0 Å². The van der Waals surface area contributed by atoms with Crippen LogP contribution in [0.15, 0.2) is 18.3 Å². The predicted molar refractivity (Wildman–Crippen MR) is 87.4 cm³/mol. The van der Waals surface area contributed by atoms with Crippen molar-refractivity contribution in [1.82, 2.24) is 9.88 Å². The van der Waals surface area contributed by atoms with E-state index in [2.05, 4.69) is 29.0 Å². The summed E-state index contributed by atoms with van der Waals surface area (Å²) >= 11 is 0. The fourth-order valence-corrected chi connectivity index (χ4v) is 3.27. The lowest BCUT2D eigenvalue weighted by Crippen LogP contribution is -2.58. The third-order valence-corrected chi connectivity index (χ3v) is 4.33. The van der Waals surface area contributed by atoms with Gasteiger partial charge in [0.2, 0.25) is 5.91 Å². The molecule has 1 aromatic rings. The second-order valence-corrected chi connectivity index (χ2v) is 7.01. The normalized spacial score (nSPS) is 26.7. The zero-order valence-electron chi connectivity index (χ0n) is 14.0. The zero-order valence-corrected chi connectivity index (χ0v) is 14.0. The Morgan fingerprint density at radius 2 is 2.26 bits per heavy atom. The number of hydrogen-bond acceptors (Lipinski definition) is 5. The number of nitrogens with zero attached hydrogens (tertiary/aromatic N) is 2. The minimum atomic E-state index is -0.205. The lowest BCUT2D eigenvalue weighted by molar-refractivity contribution is -0.150. The first-order valence-corrected chi connectivity index (χ1v) is 8.15. The monoisotopic (exact) mass is 319 g/mol. The van der Waals surface area contributed by atoms with Crippen LogP contribution >= 0.6 is 0 Å². The van der Waals surface area contributed by atoms with Crippen LogP contribution in [0, 0.1) is 6.92 Å². The Labute approximate surface area is 137 Å². The highest BCUT2D eigenvalue weighted by molar-refractivity contribution is 5.89. The van der Waals surface area contributed by atoms with E-state index < -0.39 is 0 Å². The van der Waals surface area contributed by atoms with Crippen molar-refractivity contribution in [3.63, 3.8) is 0 Å². The third-order valence-electron chi connectivity index (χ3n) is 4.33. The molecule has 3 rings (SSSR count). The highest BCUT2D eigenvalue weighted by atomic mass is 16.6. The van der Waals surface area contributed by atoms with Crippen molar-refractivity contribution >= 4 is 11.7 Å². The van der Waals surface area contributed by atoms with Crippen LogP contribution in [0.2, 0.25) is 0 Å². The summed E-state index contributed by atoms with van der Waals surface area (Å²) in [4.78, 5) is 18.7. The molecule has 1 amide bonds. The van der Waals surface area contributed by atoms with Crippen LogP contribution in [0.5, 0.6) is 0 Å². The van der Waals surface area contributed by atoms with Gasteiger partial charge in [0, 0.05) is 25.7 Å². The lowest BCUT2D eigenvalue weighted by Gasteiger charge is -2.45. The Morgan fingerprint density at radius 1 is 1.43 bits per heavy atom. The molecule has 2 fully saturated rings. The quantitative estimate of drug-likeness (QED) is 0.913. The van der Waals surface area contributed by atoms with Crippen LogP contribution in [0.3, 0.4) is 0 Å². The minimum absolute atomic E-state index is 0.0129. The van der Waals surface area contributed by atoms with Crippen LogP contribution in [0.25, 0.3) is 0 Å². The van der Waals surface area contributed by atoms with E-state index in [1.165, 1.54) is 0 Å². The van der Waals surface area contributed by atoms with Gasteiger partial charge >= 0.3 is 0 Å². The second-order valence-electron chi connectivity index (χ2n) is 7.01. The number of aryl methyl sites for hydroxylation is 1. The summed E-state index contributed by atoms with van der Waals surface area (Å²) in [6, 6.07) is 4.02. The first-order valence-electron chi connectivity index (χ1n) is 8.15. The van der Waals surface area contributed by atoms with Crippen molar-refractivity contribution in [2.24, 2.45) is 0 Å². The summed E-state index contributed by atoms with van der Waals surface area (Å²) in [5.41, 5.74) is 0.870. The van der Waals surface area contributed by atoms with E-state index in [9.17, 15) is 4.79 Å². The van der Waals surface area contributed by atoms with E-state index in [1.807, 2.05) is 19.1 Å². The molecule has 0 spiro atoms. The number of carbonyl (C=O) groups is 1. The molecule has 23 heavy (non-hydrogen) atoms. The van der Waals surface area contributed by atoms with Gasteiger partial charge < -0.3 is 14.8 Å². The SMILES string of the molecule is Cc1ccc(NC(=O)CCN2CC(C)(C)O[C@@H]3COC[C@H]32)nc1. The Morgan fingerprint density at radius 3 is 3.00 bits per heavy atom. The number of hydrogen-bond donors (Lipinski definition) is 1. The van der Waals surface area contributed by atoms with Gasteiger partial charge in [-0.25, -0.2) is 4.98 Å². The molecular formula is C17H25N3O3. The molecule has 0 aromatic carbocycles. The van der Waals surface area contributed by atoms with E-state index in [0.29, 0.717) is 32.0 Å².